The smallest absolute Gasteiger partial charge is 0.0411 e. The van der Waals surface area contributed by atoms with Crippen LogP contribution >= 0.6 is 0 Å². The third kappa shape index (κ3) is 11600. The Morgan fingerprint density at radius 2 is 0.593 bits per heavy atom. The molecule has 0 aromatic rings. The van der Waals surface area contributed by atoms with Gasteiger partial charge in [-0.1, -0.05) is 107 Å². The molecule has 0 fully saturated rings. The molecule has 0 saturated heterocycles. The third-order valence-corrected chi connectivity index (χ3v) is 0. The second kappa shape index (κ2) is 50.7. The highest BCUT2D eigenvalue weighted by Gasteiger charge is 1.99. The molecule has 0 unspecified atom stereocenters. The molecule has 184 valence electrons. The van der Waals surface area contributed by atoms with Crippen LogP contribution in [0.5, 0.6) is 0 Å². The summed E-state index contributed by atoms with van der Waals surface area (Å²) >= 11 is 0. The Balaban J connectivity index is -0.0000000135. The summed E-state index contributed by atoms with van der Waals surface area (Å²) in [6.45, 7) is 32.2. The Labute approximate surface area is 195 Å². The summed E-state index contributed by atoms with van der Waals surface area (Å²) in [6, 6.07) is 0. The maximum Gasteiger partial charge on any atom is 0.0411 e. The van der Waals surface area contributed by atoms with E-state index >= 15 is 0 Å². The lowest BCUT2D eigenvalue weighted by Gasteiger charge is -2.01. The lowest BCUT2D eigenvalue weighted by atomic mass is 11.0. The molecular weight excluding hydrogens is 425 g/mol. The van der Waals surface area contributed by atoms with E-state index in [0.29, 0.717) is 0 Å². The van der Waals surface area contributed by atoms with Crippen LogP contribution in [0.2, 0.25) is 91.7 Å². The van der Waals surface area contributed by atoms with Crippen LogP contribution < -0.4 is 6.15 Å². The number of rotatable bonds is 0. The van der Waals surface area contributed by atoms with E-state index in [-0.39, 0.29) is 59.8 Å². The predicted molar refractivity (Wildman–Crippen MR) is 171 cm³/mol. The quantitative estimate of drug-likeness (QED) is 0.473. The zero-order chi connectivity index (χ0) is 20.8. The van der Waals surface area contributed by atoms with Crippen molar-refractivity contribution in [2.75, 3.05) is 21.1 Å². The van der Waals surface area contributed by atoms with E-state index in [1.165, 1.54) is 10.2 Å². The Bertz CT molecular complexity index is 128. The monoisotopic (exact) mass is 498 g/mol. The largest absolute Gasteiger partial charge is 0.344 e. The van der Waals surface area contributed by atoms with Gasteiger partial charge in [0.25, 0.3) is 0 Å². The second-order valence-corrected chi connectivity index (χ2v) is 25.9. The molecule has 2 nitrogen and oxygen atoms in total. The molecule has 0 aliphatic rings. The van der Waals surface area contributed by atoms with Crippen molar-refractivity contribution in [1.82, 2.24) is 11.1 Å². The summed E-state index contributed by atoms with van der Waals surface area (Å²) in [5.41, 5.74) is 0. The average Bonchev–Trinajstić information content (AvgIpc) is 2.12. The molecule has 0 amide bonds. The van der Waals surface area contributed by atoms with Gasteiger partial charge in [0, 0.05) is 35.9 Å². The molecule has 3 N–H and O–H groups in total. The van der Waals surface area contributed by atoms with Crippen LogP contribution in [0.4, 0.5) is 0 Å². The molecular formula is C19H74N2Si6. The van der Waals surface area contributed by atoms with Crippen molar-refractivity contribution in [1.29, 1.82) is 0 Å². The minimum absolute atomic E-state index is 0. The zero-order valence-electron chi connectivity index (χ0n) is 21.4. The Hall–Kier alpha value is 1.22. The highest BCUT2D eigenvalue weighted by Crippen LogP contribution is 1.94. The van der Waals surface area contributed by atoms with Gasteiger partial charge < -0.3 is 11.1 Å². The Morgan fingerprint density at radius 1 is 0.593 bits per heavy atom. The first-order chi connectivity index (χ1) is 9.93. The van der Waals surface area contributed by atoms with E-state index in [2.05, 4.69) is 91.7 Å². The van der Waals surface area contributed by atoms with Crippen LogP contribution in [0.1, 0.15) is 16.3 Å². The highest BCUT2D eigenvalue weighted by atomic mass is 28.3. The first-order valence-electron chi connectivity index (χ1n) is 9.54. The standard InChI is InChI=1S/C4H12Si.C3H9N.3C3H10Si.CH6Si.2CH4.H3N.H4Si.H2/c1-5(2,3)4;4*1-4(2)3;1-2;;;;;/h1-4H3;1-3H3;3*4H,1-3H3;1-2H3;2*1H4;1H3;1H4;1H. The summed E-state index contributed by atoms with van der Waals surface area (Å²) in [6.07, 6.45) is 0. The molecule has 8 heteroatoms. The minimum atomic E-state index is -0.611. The normalized spacial score (nSPS) is 7.89. The van der Waals surface area contributed by atoms with Gasteiger partial charge in [-0.3, -0.25) is 0 Å². The summed E-state index contributed by atoms with van der Waals surface area (Å²) < 4.78 is 0. The lowest BCUT2D eigenvalue weighted by Crippen LogP contribution is -2.10. The summed E-state index contributed by atoms with van der Waals surface area (Å²) in [5.74, 6) is 0. The average molecular weight is 499 g/mol. The Kier molecular flexibility index (Phi) is 118. The Morgan fingerprint density at radius 3 is 0.593 bits per heavy atom. The third-order valence-electron chi connectivity index (χ3n) is 0. The zero-order valence-corrected chi connectivity index (χ0v) is 27.9. The van der Waals surface area contributed by atoms with Crippen molar-refractivity contribution in [3.63, 3.8) is 0 Å². The van der Waals surface area contributed by atoms with Crippen molar-refractivity contribution in [3.8, 4) is 0 Å². The number of nitrogens with zero attached hydrogens (tertiary/aromatic N) is 1. The summed E-state index contributed by atoms with van der Waals surface area (Å²) in [7, 11) is 6.28. The van der Waals surface area contributed by atoms with Crippen molar-refractivity contribution in [3.05, 3.63) is 0 Å². The van der Waals surface area contributed by atoms with Gasteiger partial charge >= 0.3 is 0 Å². The molecule has 0 rings (SSSR count). The molecule has 0 saturated carbocycles. The molecule has 0 atom stereocenters. The van der Waals surface area contributed by atoms with Crippen LogP contribution in [0.15, 0.2) is 0 Å². The fourth-order valence-corrected chi connectivity index (χ4v) is 0. The summed E-state index contributed by atoms with van der Waals surface area (Å²) in [5, 5.41) is 0. The van der Waals surface area contributed by atoms with Crippen LogP contribution in [-0.4, -0.2) is 81.7 Å². The molecule has 27 heavy (non-hydrogen) atoms. The molecule has 0 heterocycles. The van der Waals surface area contributed by atoms with Gasteiger partial charge in [0.05, 0.1) is 0 Å². The number of hydrogen-bond acceptors (Lipinski definition) is 2. The molecule has 0 bridgehead atoms. The molecule has 0 aliphatic carbocycles. The van der Waals surface area contributed by atoms with Gasteiger partial charge in [-0.2, -0.15) is 0 Å². The van der Waals surface area contributed by atoms with Crippen molar-refractivity contribution in [2.24, 2.45) is 0 Å². The maximum absolute atomic E-state index is 2.33. The molecule has 0 aliphatic heterocycles. The van der Waals surface area contributed by atoms with E-state index in [1.807, 2.05) is 26.0 Å². The van der Waals surface area contributed by atoms with Gasteiger partial charge in [-0.15, -0.1) is 0 Å². The fourth-order valence-electron chi connectivity index (χ4n) is 0. The van der Waals surface area contributed by atoms with Crippen molar-refractivity contribution < 1.29 is 1.43 Å². The van der Waals surface area contributed by atoms with E-state index in [4.69, 9.17) is 0 Å². The van der Waals surface area contributed by atoms with Gasteiger partial charge in [0.2, 0.25) is 0 Å². The van der Waals surface area contributed by atoms with E-state index < -0.39 is 8.07 Å². The molecule has 0 aromatic carbocycles. The highest BCUT2D eigenvalue weighted by molar-refractivity contribution is 6.74. The van der Waals surface area contributed by atoms with Crippen LogP contribution in [0.25, 0.3) is 0 Å². The SMILES string of the molecule is C.C.CN(C)C.C[SiH3].C[SiH](C)C.C[SiH](C)C.C[SiH](C)C.C[Si](C)(C)C.N.[HH].[SiH4]. The second-order valence-electron chi connectivity index (χ2n) is 9.54. The van der Waals surface area contributed by atoms with Gasteiger partial charge in [0.15, 0.2) is 0 Å². The van der Waals surface area contributed by atoms with Gasteiger partial charge in [-0.25, -0.2) is 0 Å². The van der Waals surface area contributed by atoms with Crippen molar-refractivity contribution in [2.45, 2.75) is 107 Å². The predicted octanol–water partition coefficient (Wildman–Crippen LogP) is 5.07. The molecule has 0 aromatic heterocycles. The fraction of sp³-hybridized carbons (Fsp3) is 1.00. The van der Waals surface area contributed by atoms with Crippen LogP contribution in [-0.2, 0) is 0 Å². The van der Waals surface area contributed by atoms with Gasteiger partial charge in [0.1, 0.15) is 0 Å². The van der Waals surface area contributed by atoms with Gasteiger partial charge in [-0.05, 0) is 42.4 Å². The van der Waals surface area contributed by atoms with Crippen molar-refractivity contribution >= 4 is 55.7 Å². The van der Waals surface area contributed by atoms with Crippen LogP contribution in [0.3, 0.4) is 0 Å². The first kappa shape index (κ1) is 63.0. The van der Waals surface area contributed by atoms with E-state index in [1.54, 1.807) is 0 Å². The van der Waals surface area contributed by atoms with Crippen LogP contribution in [0, 0.1) is 0 Å². The minimum Gasteiger partial charge on any atom is -0.344 e. The maximum atomic E-state index is 2.33. The van der Waals surface area contributed by atoms with E-state index in [9.17, 15) is 0 Å². The summed E-state index contributed by atoms with van der Waals surface area (Å²) in [4.78, 5) is 2.00. The van der Waals surface area contributed by atoms with E-state index in [0.717, 1.165) is 0 Å². The first-order valence-corrected chi connectivity index (χ1v) is 25.9. The lowest BCUT2D eigenvalue weighted by molar-refractivity contribution is 0.505. The molecule has 0 radical (unpaired) electrons. The topological polar surface area (TPSA) is 38.2 Å². The molecule has 0 spiro atoms. The number of hydrogen-bond donors (Lipinski definition) is 1.